The molecule has 0 bridgehead atoms. The van der Waals surface area contributed by atoms with Crippen LogP contribution in [0.2, 0.25) is 0 Å². The second kappa shape index (κ2) is 4.64. The molecule has 0 saturated carbocycles. The number of nitrogens with one attached hydrogen (secondary N) is 1. The lowest BCUT2D eigenvalue weighted by atomic mass is 10.1. The van der Waals surface area contributed by atoms with E-state index in [-0.39, 0.29) is 5.56 Å². The Hall–Kier alpha value is -3.22. The van der Waals surface area contributed by atoms with Gasteiger partial charge in [-0.15, -0.1) is 0 Å². The fourth-order valence-electron chi connectivity index (χ4n) is 2.88. The number of hydrogen-bond acceptors (Lipinski definition) is 5. The van der Waals surface area contributed by atoms with E-state index in [1.165, 1.54) is 13.3 Å². The van der Waals surface area contributed by atoms with E-state index in [0.29, 0.717) is 33.7 Å². The largest absolute Gasteiger partial charge is 0.495 e. The number of anilines is 1. The molecule has 0 radical (unpaired) electrons. The summed E-state index contributed by atoms with van der Waals surface area (Å²) in [5.74, 6) is -0.356. The molecule has 0 spiro atoms. The van der Waals surface area contributed by atoms with Gasteiger partial charge < -0.3 is 4.74 Å². The first kappa shape index (κ1) is 13.4. The molecule has 0 fully saturated rings. The molecule has 7 heteroatoms. The first-order valence-electron chi connectivity index (χ1n) is 6.99. The number of hydrogen-bond donors (Lipinski definition) is 1. The summed E-state index contributed by atoms with van der Waals surface area (Å²) in [7, 11) is 1.50. The Morgan fingerprint density at radius 2 is 1.96 bits per heavy atom. The Bertz CT molecular complexity index is 977. The number of amides is 2. The van der Waals surface area contributed by atoms with Crippen LogP contribution >= 0.6 is 0 Å². The lowest BCUT2D eigenvalue weighted by molar-refractivity contribution is 0.0925. The van der Waals surface area contributed by atoms with E-state index in [1.54, 1.807) is 31.2 Å². The van der Waals surface area contributed by atoms with Gasteiger partial charge in [-0.05, 0) is 19.1 Å². The van der Waals surface area contributed by atoms with Crippen molar-refractivity contribution in [2.45, 2.75) is 6.92 Å². The number of fused-ring (bicyclic) bond motifs is 3. The highest BCUT2D eigenvalue weighted by molar-refractivity contribution is 6.37. The summed E-state index contributed by atoms with van der Waals surface area (Å²) in [4.78, 5) is 30.9. The van der Waals surface area contributed by atoms with E-state index < -0.39 is 11.8 Å². The molecule has 3 heterocycles. The van der Waals surface area contributed by atoms with Gasteiger partial charge in [0, 0.05) is 11.9 Å². The molecule has 1 aromatic carbocycles. The summed E-state index contributed by atoms with van der Waals surface area (Å²) in [5, 5.41) is 7.43. The monoisotopic (exact) mass is 308 g/mol. The van der Waals surface area contributed by atoms with Crippen LogP contribution in [-0.4, -0.2) is 34.1 Å². The van der Waals surface area contributed by atoms with Crippen LogP contribution in [0.25, 0.3) is 11.0 Å². The van der Waals surface area contributed by atoms with Gasteiger partial charge in [0.1, 0.15) is 5.75 Å². The van der Waals surface area contributed by atoms with Crippen molar-refractivity contribution in [2.75, 3.05) is 12.0 Å². The molecular formula is C16H12N4O3. The van der Waals surface area contributed by atoms with Crippen LogP contribution < -0.4 is 9.64 Å². The number of imide groups is 1. The standard InChI is InChI=1S/C16H12N4O3/c1-8-12-13-9(7-17-14(12)19-18-8)15(21)20(16(13)22)10-5-3-4-6-11(10)23-2/h3-7H,1-2H3,(H,17,18,19). The summed E-state index contributed by atoms with van der Waals surface area (Å²) >= 11 is 0. The number of rotatable bonds is 2. The zero-order valence-corrected chi connectivity index (χ0v) is 12.5. The quantitative estimate of drug-likeness (QED) is 0.732. The fraction of sp³-hybridized carbons (Fsp3) is 0.125. The number of benzene rings is 1. The highest BCUT2D eigenvalue weighted by Gasteiger charge is 2.40. The molecule has 114 valence electrons. The Balaban J connectivity index is 1.97. The summed E-state index contributed by atoms with van der Waals surface area (Å²) in [6, 6.07) is 6.90. The second-order valence-electron chi connectivity index (χ2n) is 5.21. The summed E-state index contributed by atoms with van der Waals surface area (Å²) in [5.41, 5.74) is 2.14. The number of ether oxygens (including phenoxy) is 1. The lowest BCUT2D eigenvalue weighted by Gasteiger charge is -2.16. The maximum Gasteiger partial charge on any atom is 0.267 e. The van der Waals surface area contributed by atoms with Crippen molar-refractivity contribution in [1.82, 2.24) is 15.2 Å². The highest BCUT2D eigenvalue weighted by Crippen LogP contribution is 2.36. The third-order valence-corrected chi connectivity index (χ3v) is 3.94. The molecule has 1 aliphatic rings. The number of aromatic amines is 1. The molecule has 1 aliphatic heterocycles. The van der Waals surface area contributed by atoms with Gasteiger partial charge in [0.15, 0.2) is 5.65 Å². The SMILES string of the molecule is COc1ccccc1N1C(=O)c2cnc3n[nH]c(C)c3c2C1=O. The Labute approximate surface area is 130 Å². The number of methoxy groups -OCH3 is 1. The van der Waals surface area contributed by atoms with Crippen molar-refractivity contribution >= 4 is 28.5 Å². The van der Waals surface area contributed by atoms with Crippen LogP contribution in [-0.2, 0) is 0 Å². The van der Waals surface area contributed by atoms with Crippen molar-refractivity contribution in [3.8, 4) is 5.75 Å². The van der Waals surface area contributed by atoms with Crippen molar-refractivity contribution in [2.24, 2.45) is 0 Å². The van der Waals surface area contributed by atoms with Gasteiger partial charge in [0.05, 0.1) is 29.3 Å². The number of H-pyrrole nitrogens is 1. The van der Waals surface area contributed by atoms with Gasteiger partial charge in [0.25, 0.3) is 11.8 Å². The molecule has 1 N–H and O–H groups in total. The molecule has 23 heavy (non-hydrogen) atoms. The third-order valence-electron chi connectivity index (χ3n) is 3.94. The predicted molar refractivity (Wildman–Crippen MR) is 82.8 cm³/mol. The van der Waals surface area contributed by atoms with Crippen molar-refractivity contribution in [3.63, 3.8) is 0 Å². The number of aryl methyl sites for hydroxylation is 1. The summed E-state index contributed by atoms with van der Waals surface area (Å²) in [6.07, 6.45) is 1.40. The predicted octanol–water partition coefficient (Wildman–Crippen LogP) is 2.08. The van der Waals surface area contributed by atoms with Crippen LogP contribution in [0.5, 0.6) is 5.75 Å². The van der Waals surface area contributed by atoms with Gasteiger partial charge in [-0.3, -0.25) is 14.7 Å². The van der Waals surface area contributed by atoms with Crippen LogP contribution in [0.4, 0.5) is 5.69 Å². The number of nitrogens with zero attached hydrogens (tertiary/aromatic N) is 3. The minimum atomic E-state index is -0.412. The zero-order chi connectivity index (χ0) is 16.1. The average molecular weight is 308 g/mol. The minimum Gasteiger partial charge on any atom is -0.495 e. The average Bonchev–Trinajstić information content (AvgIpc) is 3.06. The van der Waals surface area contributed by atoms with Crippen LogP contribution in [0.1, 0.15) is 26.4 Å². The molecule has 4 rings (SSSR count). The Kier molecular flexibility index (Phi) is 2.71. The van der Waals surface area contributed by atoms with Crippen LogP contribution in [0.3, 0.4) is 0 Å². The Morgan fingerprint density at radius 3 is 2.74 bits per heavy atom. The number of pyridine rings is 1. The van der Waals surface area contributed by atoms with Crippen LogP contribution in [0.15, 0.2) is 30.5 Å². The van der Waals surface area contributed by atoms with Gasteiger partial charge >= 0.3 is 0 Å². The van der Waals surface area contributed by atoms with Crippen LogP contribution in [0, 0.1) is 6.92 Å². The molecule has 0 aliphatic carbocycles. The molecule has 2 aromatic heterocycles. The van der Waals surface area contributed by atoms with Gasteiger partial charge in [0.2, 0.25) is 0 Å². The van der Waals surface area contributed by atoms with E-state index in [1.807, 2.05) is 0 Å². The number of carbonyl (C=O) groups is 2. The lowest BCUT2D eigenvalue weighted by Crippen LogP contribution is -2.29. The molecule has 0 atom stereocenters. The number of para-hydroxylation sites is 2. The van der Waals surface area contributed by atoms with Gasteiger partial charge in [-0.25, -0.2) is 9.88 Å². The molecule has 7 nitrogen and oxygen atoms in total. The minimum absolute atomic E-state index is 0.276. The molecular weight excluding hydrogens is 296 g/mol. The third kappa shape index (κ3) is 1.70. The highest BCUT2D eigenvalue weighted by atomic mass is 16.5. The summed E-state index contributed by atoms with van der Waals surface area (Å²) in [6.45, 7) is 1.79. The smallest absolute Gasteiger partial charge is 0.267 e. The fourth-order valence-corrected chi connectivity index (χ4v) is 2.88. The molecule has 0 saturated heterocycles. The van der Waals surface area contributed by atoms with E-state index in [0.717, 1.165) is 4.90 Å². The normalized spacial score (nSPS) is 13.7. The first-order valence-corrected chi connectivity index (χ1v) is 6.99. The van der Waals surface area contributed by atoms with E-state index in [2.05, 4.69) is 15.2 Å². The topological polar surface area (TPSA) is 88.2 Å². The first-order chi connectivity index (χ1) is 11.1. The maximum atomic E-state index is 12.9. The number of aromatic nitrogens is 3. The number of carbonyl (C=O) groups excluding carboxylic acids is 2. The molecule has 2 amide bonds. The van der Waals surface area contributed by atoms with Crippen molar-refractivity contribution in [3.05, 3.63) is 47.3 Å². The van der Waals surface area contributed by atoms with E-state index in [4.69, 9.17) is 4.74 Å². The Morgan fingerprint density at radius 1 is 1.17 bits per heavy atom. The van der Waals surface area contributed by atoms with Crippen molar-refractivity contribution in [1.29, 1.82) is 0 Å². The molecule has 0 unspecified atom stereocenters. The van der Waals surface area contributed by atoms with Gasteiger partial charge in [-0.1, -0.05) is 12.1 Å². The maximum absolute atomic E-state index is 12.9. The van der Waals surface area contributed by atoms with Gasteiger partial charge in [-0.2, -0.15) is 5.10 Å². The molecule has 3 aromatic rings. The van der Waals surface area contributed by atoms with Crippen molar-refractivity contribution < 1.29 is 14.3 Å². The van der Waals surface area contributed by atoms with E-state index >= 15 is 0 Å². The summed E-state index contributed by atoms with van der Waals surface area (Å²) < 4.78 is 5.27. The zero-order valence-electron chi connectivity index (χ0n) is 12.5. The van der Waals surface area contributed by atoms with E-state index in [9.17, 15) is 9.59 Å². The second-order valence-corrected chi connectivity index (χ2v) is 5.21.